The minimum absolute atomic E-state index is 0.0178. The zero-order valence-corrected chi connectivity index (χ0v) is 21.0. The van der Waals surface area contributed by atoms with E-state index < -0.39 is 9.84 Å². The summed E-state index contributed by atoms with van der Waals surface area (Å²) in [6.45, 7) is 10.5. The van der Waals surface area contributed by atoms with E-state index >= 15 is 0 Å². The average molecular weight is 487 g/mol. The zero-order chi connectivity index (χ0) is 23.0. The van der Waals surface area contributed by atoms with E-state index in [1.54, 1.807) is 11.0 Å². The number of carbonyl (C=O) groups is 1. The first-order valence-corrected chi connectivity index (χ1v) is 13.5. The summed E-state index contributed by atoms with van der Waals surface area (Å²) in [5, 5.41) is 0. The van der Waals surface area contributed by atoms with Gasteiger partial charge in [0, 0.05) is 31.4 Å². The molecule has 1 aliphatic heterocycles. The standard InChI is InChI=1S/C23H32Cl2N2O3S/c1-5-26(6-2)17-9-7-16(8-10-17)14-27(18-11-12-31(29,30)15-18)22(28)21-19(13-20(24)25)23(21,3)4/h7-10,13,18-19,21H,5-6,11-12,14-15H2,1-4H3/t18-,19+,21+/m1/s1. The Bertz CT molecular complexity index is 936. The fourth-order valence-electron chi connectivity index (χ4n) is 4.78. The Labute approximate surface area is 196 Å². The predicted octanol–water partition coefficient (Wildman–Crippen LogP) is 4.64. The minimum atomic E-state index is -3.11. The van der Waals surface area contributed by atoms with Crippen molar-refractivity contribution in [1.82, 2.24) is 4.90 Å². The maximum atomic E-state index is 13.6. The lowest BCUT2D eigenvalue weighted by molar-refractivity contribution is -0.136. The first-order valence-electron chi connectivity index (χ1n) is 10.9. The fourth-order valence-corrected chi connectivity index (χ4v) is 6.78. The number of sulfone groups is 1. The number of hydrogen-bond donors (Lipinski definition) is 0. The highest BCUT2D eigenvalue weighted by atomic mass is 35.5. The number of benzene rings is 1. The third kappa shape index (κ3) is 5.40. The summed E-state index contributed by atoms with van der Waals surface area (Å²) in [5.74, 6) is -0.155. The second-order valence-electron chi connectivity index (χ2n) is 9.14. The van der Waals surface area contributed by atoms with Gasteiger partial charge < -0.3 is 9.80 Å². The van der Waals surface area contributed by atoms with Crippen LogP contribution in [0.3, 0.4) is 0 Å². The van der Waals surface area contributed by atoms with E-state index in [4.69, 9.17) is 23.2 Å². The number of rotatable bonds is 8. The Morgan fingerprint density at radius 1 is 1.16 bits per heavy atom. The van der Waals surface area contributed by atoms with Gasteiger partial charge >= 0.3 is 0 Å². The molecule has 2 fully saturated rings. The lowest BCUT2D eigenvalue weighted by Crippen LogP contribution is -2.42. The van der Waals surface area contributed by atoms with E-state index in [2.05, 4.69) is 30.9 Å². The largest absolute Gasteiger partial charge is 0.372 e. The quantitative estimate of drug-likeness (QED) is 0.536. The van der Waals surface area contributed by atoms with Crippen molar-refractivity contribution in [2.75, 3.05) is 29.5 Å². The number of nitrogens with zero attached hydrogens (tertiary/aromatic N) is 2. The monoisotopic (exact) mass is 486 g/mol. The summed E-state index contributed by atoms with van der Waals surface area (Å²) in [6, 6.07) is 7.89. The normalized spacial score (nSPS) is 25.7. The number of amides is 1. The molecule has 3 rings (SSSR count). The van der Waals surface area contributed by atoms with E-state index in [1.807, 2.05) is 26.0 Å². The van der Waals surface area contributed by atoms with Gasteiger partial charge in [-0.2, -0.15) is 0 Å². The van der Waals surface area contributed by atoms with Crippen LogP contribution in [0.15, 0.2) is 34.8 Å². The highest BCUT2D eigenvalue weighted by molar-refractivity contribution is 7.91. The SMILES string of the molecule is CCN(CC)c1ccc(CN(C(=O)[C@@H]2[C@H](C=C(Cl)Cl)C2(C)C)[C@@H]2CCS(=O)(=O)C2)cc1. The number of hydrogen-bond acceptors (Lipinski definition) is 4. The Morgan fingerprint density at radius 3 is 2.26 bits per heavy atom. The molecule has 0 spiro atoms. The van der Waals surface area contributed by atoms with Gasteiger partial charge in [-0.1, -0.05) is 49.2 Å². The number of halogens is 2. The average Bonchev–Trinajstić information content (AvgIpc) is 3.02. The van der Waals surface area contributed by atoms with Crippen molar-refractivity contribution >= 4 is 44.6 Å². The van der Waals surface area contributed by atoms with Gasteiger partial charge in [0.15, 0.2) is 9.84 Å². The smallest absolute Gasteiger partial charge is 0.227 e. The van der Waals surface area contributed by atoms with Crippen LogP contribution in [0.25, 0.3) is 0 Å². The van der Waals surface area contributed by atoms with Crippen LogP contribution in [0, 0.1) is 17.3 Å². The first-order chi connectivity index (χ1) is 14.5. The topological polar surface area (TPSA) is 57.7 Å². The summed E-state index contributed by atoms with van der Waals surface area (Å²) in [7, 11) is -3.11. The van der Waals surface area contributed by atoms with Gasteiger partial charge in [-0.3, -0.25) is 4.79 Å². The number of anilines is 1. The van der Waals surface area contributed by atoms with Gasteiger partial charge in [0.25, 0.3) is 0 Å². The van der Waals surface area contributed by atoms with E-state index in [9.17, 15) is 13.2 Å². The van der Waals surface area contributed by atoms with Crippen molar-refractivity contribution in [3.05, 3.63) is 40.4 Å². The van der Waals surface area contributed by atoms with Gasteiger partial charge in [-0.25, -0.2) is 8.42 Å². The highest BCUT2D eigenvalue weighted by Gasteiger charge is 2.62. The van der Waals surface area contributed by atoms with Crippen molar-refractivity contribution < 1.29 is 13.2 Å². The summed E-state index contributed by atoms with van der Waals surface area (Å²) in [5.41, 5.74) is 1.88. The summed E-state index contributed by atoms with van der Waals surface area (Å²) >= 11 is 11.7. The maximum Gasteiger partial charge on any atom is 0.227 e. The van der Waals surface area contributed by atoms with Gasteiger partial charge in [-0.15, -0.1) is 0 Å². The molecule has 0 bridgehead atoms. The molecule has 0 radical (unpaired) electrons. The van der Waals surface area contributed by atoms with Crippen molar-refractivity contribution in [2.24, 2.45) is 17.3 Å². The maximum absolute atomic E-state index is 13.6. The van der Waals surface area contributed by atoms with Crippen LogP contribution in [0.2, 0.25) is 0 Å². The summed E-state index contributed by atoms with van der Waals surface area (Å²) in [6.07, 6.45) is 2.21. The first kappa shape index (κ1) is 24.4. The molecule has 1 aromatic carbocycles. The molecule has 8 heteroatoms. The third-order valence-electron chi connectivity index (χ3n) is 6.83. The van der Waals surface area contributed by atoms with Crippen LogP contribution in [0.4, 0.5) is 5.69 Å². The summed E-state index contributed by atoms with van der Waals surface area (Å²) < 4.78 is 24.4. The third-order valence-corrected chi connectivity index (χ3v) is 8.83. The molecule has 1 saturated heterocycles. The van der Waals surface area contributed by atoms with Crippen LogP contribution in [0.5, 0.6) is 0 Å². The molecule has 0 unspecified atom stereocenters. The molecule has 2 aliphatic rings. The van der Waals surface area contributed by atoms with Crippen molar-refractivity contribution in [1.29, 1.82) is 0 Å². The van der Waals surface area contributed by atoms with Crippen LogP contribution in [-0.2, 0) is 21.2 Å². The Balaban J connectivity index is 1.84. The molecule has 1 heterocycles. The van der Waals surface area contributed by atoms with Gasteiger partial charge in [0.2, 0.25) is 5.91 Å². The van der Waals surface area contributed by atoms with Crippen LogP contribution in [0.1, 0.15) is 39.7 Å². The van der Waals surface area contributed by atoms with Gasteiger partial charge in [0.05, 0.1) is 17.4 Å². The molecule has 31 heavy (non-hydrogen) atoms. The lowest BCUT2D eigenvalue weighted by atomic mass is 10.1. The van der Waals surface area contributed by atoms with Crippen molar-refractivity contribution in [2.45, 2.75) is 46.7 Å². The van der Waals surface area contributed by atoms with E-state index in [1.165, 1.54) is 0 Å². The second kappa shape index (κ2) is 9.32. The van der Waals surface area contributed by atoms with Gasteiger partial charge in [0.1, 0.15) is 4.49 Å². The molecule has 1 aliphatic carbocycles. The Kier molecular flexibility index (Phi) is 7.34. The van der Waals surface area contributed by atoms with Crippen molar-refractivity contribution in [3.63, 3.8) is 0 Å². The van der Waals surface area contributed by atoms with Crippen LogP contribution in [-0.4, -0.2) is 49.9 Å². The molecular formula is C23H32Cl2N2O3S. The molecular weight excluding hydrogens is 455 g/mol. The molecule has 0 N–H and O–H groups in total. The number of allylic oxidation sites excluding steroid dienone is 1. The Hall–Kier alpha value is -1.24. The molecule has 5 nitrogen and oxygen atoms in total. The van der Waals surface area contributed by atoms with Crippen LogP contribution < -0.4 is 4.90 Å². The molecule has 1 saturated carbocycles. The zero-order valence-electron chi connectivity index (χ0n) is 18.6. The molecule has 172 valence electrons. The molecule has 0 aromatic heterocycles. The van der Waals surface area contributed by atoms with E-state index in [0.717, 1.165) is 24.3 Å². The van der Waals surface area contributed by atoms with Gasteiger partial charge in [-0.05, 0) is 55.4 Å². The lowest BCUT2D eigenvalue weighted by Gasteiger charge is -2.29. The van der Waals surface area contributed by atoms with Crippen LogP contribution >= 0.6 is 23.2 Å². The molecule has 1 aromatic rings. The molecule has 1 amide bonds. The predicted molar refractivity (Wildman–Crippen MR) is 128 cm³/mol. The minimum Gasteiger partial charge on any atom is -0.372 e. The van der Waals surface area contributed by atoms with E-state index in [-0.39, 0.29) is 45.2 Å². The summed E-state index contributed by atoms with van der Waals surface area (Å²) in [4.78, 5) is 17.6. The van der Waals surface area contributed by atoms with E-state index in [0.29, 0.717) is 13.0 Å². The highest BCUT2D eigenvalue weighted by Crippen LogP contribution is 2.60. The Morgan fingerprint density at radius 2 is 1.77 bits per heavy atom. The fraction of sp³-hybridized carbons (Fsp3) is 0.609. The van der Waals surface area contributed by atoms with Crippen molar-refractivity contribution in [3.8, 4) is 0 Å². The second-order valence-corrected chi connectivity index (χ2v) is 12.4. The number of carbonyl (C=O) groups excluding carboxylic acids is 1. The molecule has 3 atom stereocenters.